The summed E-state index contributed by atoms with van der Waals surface area (Å²) in [6.07, 6.45) is 0. The molecular formula is C23H17ClFN3O2. The van der Waals surface area contributed by atoms with Crippen LogP contribution in [0.15, 0.2) is 72.8 Å². The van der Waals surface area contributed by atoms with E-state index in [1.807, 2.05) is 18.2 Å². The van der Waals surface area contributed by atoms with E-state index in [0.29, 0.717) is 16.1 Å². The molecule has 0 spiro atoms. The number of rotatable bonds is 6. The number of ketones is 1. The van der Waals surface area contributed by atoms with Crippen molar-refractivity contribution in [3.8, 4) is 0 Å². The van der Waals surface area contributed by atoms with Crippen LogP contribution in [-0.2, 0) is 17.9 Å². The van der Waals surface area contributed by atoms with Crippen molar-refractivity contribution in [1.82, 2.24) is 14.9 Å². The van der Waals surface area contributed by atoms with Crippen LogP contribution in [0.5, 0.6) is 0 Å². The van der Waals surface area contributed by atoms with Crippen molar-refractivity contribution in [2.45, 2.75) is 13.1 Å². The quantitative estimate of drug-likeness (QED) is 0.470. The number of para-hydroxylation sites is 2. The molecule has 0 saturated carbocycles. The normalized spacial score (nSPS) is 10.9. The highest BCUT2D eigenvalue weighted by molar-refractivity contribution is 6.31. The predicted molar refractivity (Wildman–Crippen MR) is 113 cm³/mol. The SMILES string of the molecule is O=C(Cn1c(C(=O)c2cccc(F)c2)nc2ccccc21)NCc1ccccc1Cl. The number of halogens is 2. The molecule has 0 aliphatic heterocycles. The number of fused-ring (bicyclic) bond motifs is 1. The third-order valence-corrected chi connectivity index (χ3v) is 5.05. The molecule has 3 aromatic carbocycles. The minimum atomic E-state index is -0.513. The van der Waals surface area contributed by atoms with E-state index in [0.717, 1.165) is 11.6 Å². The van der Waals surface area contributed by atoms with Crippen molar-refractivity contribution in [1.29, 1.82) is 0 Å². The fraction of sp³-hybridized carbons (Fsp3) is 0.0870. The number of nitrogens with zero attached hydrogens (tertiary/aromatic N) is 2. The molecule has 1 aromatic heterocycles. The lowest BCUT2D eigenvalue weighted by Crippen LogP contribution is -2.28. The highest BCUT2D eigenvalue weighted by Gasteiger charge is 2.21. The molecule has 0 atom stereocenters. The molecule has 150 valence electrons. The number of aromatic nitrogens is 2. The molecule has 7 heteroatoms. The predicted octanol–water partition coefficient (Wildman–Crippen LogP) is 4.38. The Hall–Kier alpha value is -3.51. The van der Waals surface area contributed by atoms with Crippen molar-refractivity contribution < 1.29 is 14.0 Å². The van der Waals surface area contributed by atoms with E-state index in [1.165, 1.54) is 18.2 Å². The number of carbonyl (C=O) groups excluding carboxylic acids is 2. The van der Waals surface area contributed by atoms with Crippen LogP contribution >= 0.6 is 11.6 Å². The van der Waals surface area contributed by atoms with Crippen molar-refractivity contribution in [2.75, 3.05) is 0 Å². The monoisotopic (exact) mass is 421 g/mol. The second-order valence-corrected chi connectivity index (χ2v) is 7.13. The number of carbonyl (C=O) groups is 2. The van der Waals surface area contributed by atoms with Crippen LogP contribution in [0.1, 0.15) is 21.7 Å². The van der Waals surface area contributed by atoms with Crippen LogP contribution in [0, 0.1) is 5.82 Å². The Morgan fingerprint density at radius 3 is 2.57 bits per heavy atom. The molecule has 4 aromatic rings. The summed E-state index contributed by atoms with van der Waals surface area (Å²) in [7, 11) is 0. The van der Waals surface area contributed by atoms with E-state index in [4.69, 9.17) is 11.6 Å². The van der Waals surface area contributed by atoms with Crippen molar-refractivity contribution in [3.63, 3.8) is 0 Å². The van der Waals surface area contributed by atoms with E-state index in [2.05, 4.69) is 10.3 Å². The summed E-state index contributed by atoms with van der Waals surface area (Å²) < 4.78 is 15.1. The zero-order valence-corrected chi connectivity index (χ0v) is 16.6. The molecule has 5 nitrogen and oxygen atoms in total. The van der Waals surface area contributed by atoms with Gasteiger partial charge in [-0.3, -0.25) is 9.59 Å². The molecule has 1 N–H and O–H groups in total. The Kier molecular flexibility index (Phi) is 5.59. The molecule has 0 bridgehead atoms. The van der Waals surface area contributed by atoms with Gasteiger partial charge in [0, 0.05) is 17.1 Å². The van der Waals surface area contributed by atoms with Gasteiger partial charge in [0.1, 0.15) is 12.4 Å². The topological polar surface area (TPSA) is 64.0 Å². The summed E-state index contributed by atoms with van der Waals surface area (Å²) in [4.78, 5) is 30.0. The van der Waals surface area contributed by atoms with Crippen LogP contribution in [-0.4, -0.2) is 21.2 Å². The van der Waals surface area contributed by atoms with Crippen LogP contribution < -0.4 is 5.32 Å². The van der Waals surface area contributed by atoms with Gasteiger partial charge in [-0.05, 0) is 35.9 Å². The van der Waals surface area contributed by atoms with Gasteiger partial charge in [0.25, 0.3) is 0 Å². The lowest BCUT2D eigenvalue weighted by Gasteiger charge is -2.10. The smallest absolute Gasteiger partial charge is 0.240 e. The van der Waals surface area contributed by atoms with Crippen molar-refractivity contribution in [3.05, 3.63) is 101 Å². The Morgan fingerprint density at radius 1 is 1.00 bits per heavy atom. The Bertz CT molecular complexity index is 1250. The second kappa shape index (κ2) is 8.47. The number of nitrogens with one attached hydrogen (secondary N) is 1. The largest absolute Gasteiger partial charge is 0.350 e. The van der Waals surface area contributed by atoms with Crippen molar-refractivity contribution >= 4 is 34.3 Å². The van der Waals surface area contributed by atoms with E-state index in [1.54, 1.807) is 34.9 Å². The fourth-order valence-electron chi connectivity index (χ4n) is 3.20. The number of hydrogen-bond acceptors (Lipinski definition) is 3. The summed E-state index contributed by atoms with van der Waals surface area (Å²) >= 11 is 6.13. The fourth-order valence-corrected chi connectivity index (χ4v) is 3.41. The maximum atomic E-state index is 13.6. The lowest BCUT2D eigenvalue weighted by atomic mass is 10.1. The van der Waals surface area contributed by atoms with Gasteiger partial charge < -0.3 is 9.88 Å². The zero-order chi connectivity index (χ0) is 21.1. The maximum Gasteiger partial charge on any atom is 0.240 e. The summed E-state index contributed by atoms with van der Waals surface area (Å²) in [5.41, 5.74) is 2.18. The first-order valence-electron chi connectivity index (χ1n) is 9.28. The minimum Gasteiger partial charge on any atom is -0.350 e. The molecule has 0 saturated heterocycles. The highest BCUT2D eigenvalue weighted by Crippen LogP contribution is 2.19. The first-order chi connectivity index (χ1) is 14.5. The van der Waals surface area contributed by atoms with Gasteiger partial charge in [-0.2, -0.15) is 0 Å². The molecule has 0 unspecified atom stereocenters. The van der Waals surface area contributed by atoms with Gasteiger partial charge in [0.05, 0.1) is 11.0 Å². The molecule has 1 heterocycles. The summed E-state index contributed by atoms with van der Waals surface area (Å²) in [6.45, 7) is 0.152. The highest BCUT2D eigenvalue weighted by atomic mass is 35.5. The number of hydrogen-bond donors (Lipinski definition) is 1. The van der Waals surface area contributed by atoms with Gasteiger partial charge in [0.15, 0.2) is 5.82 Å². The van der Waals surface area contributed by atoms with Gasteiger partial charge in [-0.25, -0.2) is 9.37 Å². The van der Waals surface area contributed by atoms with Crippen LogP contribution in [0.3, 0.4) is 0 Å². The average molecular weight is 422 g/mol. The third-order valence-electron chi connectivity index (χ3n) is 4.68. The molecule has 0 aliphatic carbocycles. The van der Waals surface area contributed by atoms with Crippen LogP contribution in [0.25, 0.3) is 11.0 Å². The van der Waals surface area contributed by atoms with Gasteiger partial charge in [-0.15, -0.1) is 0 Å². The zero-order valence-electron chi connectivity index (χ0n) is 15.8. The molecule has 0 fully saturated rings. The summed E-state index contributed by atoms with van der Waals surface area (Å²) in [5, 5.41) is 3.38. The van der Waals surface area contributed by atoms with Crippen LogP contribution in [0.2, 0.25) is 5.02 Å². The van der Waals surface area contributed by atoms with Crippen molar-refractivity contribution in [2.24, 2.45) is 0 Å². The molecule has 0 radical (unpaired) electrons. The van der Waals surface area contributed by atoms with Gasteiger partial charge >= 0.3 is 0 Å². The van der Waals surface area contributed by atoms with Crippen LogP contribution in [0.4, 0.5) is 4.39 Å². The Balaban J connectivity index is 1.62. The van der Waals surface area contributed by atoms with E-state index < -0.39 is 11.6 Å². The number of imidazole rings is 1. The maximum absolute atomic E-state index is 13.6. The molecule has 30 heavy (non-hydrogen) atoms. The molecular weight excluding hydrogens is 405 g/mol. The van der Waals surface area contributed by atoms with Gasteiger partial charge in [-0.1, -0.05) is 54.1 Å². The van der Waals surface area contributed by atoms with E-state index in [9.17, 15) is 14.0 Å². The molecule has 4 rings (SSSR count). The van der Waals surface area contributed by atoms with E-state index >= 15 is 0 Å². The average Bonchev–Trinajstić information content (AvgIpc) is 3.11. The summed E-state index contributed by atoms with van der Waals surface area (Å²) in [5.74, 6) is -1.19. The third kappa shape index (κ3) is 4.09. The summed E-state index contributed by atoms with van der Waals surface area (Å²) in [6, 6.07) is 19.8. The standard InChI is InChI=1S/C23H17ClFN3O2/c24-18-9-2-1-6-16(18)13-26-21(29)14-28-20-11-4-3-10-19(20)27-23(28)22(30)15-7-5-8-17(25)12-15/h1-12H,13-14H2,(H,26,29). The second-order valence-electron chi connectivity index (χ2n) is 6.72. The lowest BCUT2D eigenvalue weighted by molar-refractivity contribution is -0.121. The minimum absolute atomic E-state index is 0.0784. The number of benzene rings is 3. The first kappa shape index (κ1) is 19.8. The van der Waals surface area contributed by atoms with Gasteiger partial charge in [0.2, 0.25) is 11.7 Å². The molecule has 1 amide bonds. The molecule has 0 aliphatic rings. The Labute approximate surface area is 177 Å². The first-order valence-corrected chi connectivity index (χ1v) is 9.66. The Morgan fingerprint density at radius 2 is 1.77 bits per heavy atom. The number of amides is 1. The van der Waals surface area contributed by atoms with E-state index in [-0.39, 0.29) is 30.4 Å².